The summed E-state index contributed by atoms with van der Waals surface area (Å²) < 4.78 is 1.10. The lowest BCUT2D eigenvalue weighted by Crippen LogP contribution is -2.21. The molecule has 35 heavy (non-hydrogen) atoms. The fourth-order valence-corrected chi connectivity index (χ4v) is 4.71. The van der Waals surface area contributed by atoms with E-state index in [4.69, 9.17) is 9.97 Å². The summed E-state index contributed by atoms with van der Waals surface area (Å²) in [4.78, 5) is 22.6. The minimum absolute atomic E-state index is 0.0185. The van der Waals surface area contributed by atoms with Crippen molar-refractivity contribution in [1.82, 2.24) is 9.97 Å². The number of hydrogen-bond donors (Lipinski definition) is 3. The number of amides is 1. The van der Waals surface area contributed by atoms with Gasteiger partial charge in [0.1, 0.15) is 11.8 Å². The van der Waals surface area contributed by atoms with Crippen molar-refractivity contribution in [2.75, 3.05) is 5.32 Å². The number of hydrogen-bond acceptors (Lipinski definition) is 5. The molecule has 0 radical (unpaired) electrons. The van der Waals surface area contributed by atoms with E-state index in [2.05, 4.69) is 27.9 Å². The zero-order valence-corrected chi connectivity index (χ0v) is 21.1. The molecular weight excluding hydrogens is 553 g/mol. The van der Waals surface area contributed by atoms with E-state index in [0.29, 0.717) is 23.4 Å². The van der Waals surface area contributed by atoms with Gasteiger partial charge in [-0.2, -0.15) is 0 Å². The molecule has 176 valence electrons. The van der Waals surface area contributed by atoms with Crippen LogP contribution in [0.25, 0.3) is 11.3 Å². The molecule has 1 heterocycles. The first-order valence-electron chi connectivity index (χ1n) is 11.4. The van der Waals surface area contributed by atoms with E-state index in [0.717, 1.165) is 37.9 Å². The van der Waals surface area contributed by atoms with E-state index in [-0.39, 0.29) is 24.8 Å². The molecule has 1 amide bonds. The first-order chi connectivity index (χ1) is 17.0. The van der Waals surface area contributed by atoms with Crippen molar-refractivity contribution in [3.8, 4) is 11.3 Å². The van der Waals surface area contributed by atoms with Crippen molar-refractivity contribution in [3.05, 3.63) is 110 Å². The van der Waals surface area contributed by atoms with Gasteiger partial charge in [0.2, 0.25) is 5.91 Å². The van der Waals surface area contributed by atoms with E-state index in [1.165, 1.54) is 0 Å². The molecule has 0 spiro atoms. The molecule has 1 aromatic heterocycles. The molecule has 6 nitrogen and oxygen atoms in total. The summed E-state index contributed by atoms with van der Waals surface area (Å²) in [5.41, 5.74) is 6.24. The average molecular weight is 577 g/mol. The zero-order valence-electron chi connectivity index (χ0n) is 18.9. The highest BCUT2D eigenvalue weighted by Crippen LogP contribution is 2.36. The van der Waals surface area contributed by atoms with Crippen molar-refractivity contribution in [1.29, 1.82) is 0 Å². The minimum Gasteiger partial charge on any atom is -0.392 e. The number of fused-ring (bicyclic) bond motifs is 3. The molecule has 0 saturated carbocycles. The van der Waals surface area contributed by atoms with E-state index in [9.17, 15) is 15.0 Å². The predicted octanol–water partition coefficient (Wildman–Crippen LogP) is 4.60. The predicted molar refractivity (Wildman–Crippen MR) is 143 cm³/mol. The van der Waals surface area contributed by atoms with Gasteiger partial charge in [-0.1, -0.05) is 60.7 Å². The first-order valence-corrected chi connectivity index (χ1v) is 12.5. The van der Waals surface area contributed by atoms with Crippen molar-refractivity contribution in [2.24, 2.45) is 0 Å². The Morgan fingerprint density at radius 2 is 1.71 bits per heavy atom. The number of nitrogens with zero attached hydrogens (tertiary/aromatic N) is 2. The highest BCUT2D eigenvalue weighted by molar-refractivity contribution is 14.1. The lowest BCUT2D eigenvalue weighted by atomic mass is 9.90. The number of carbonyl (C=O) groups excluding carboxylic acids is 1. The van der Waals surface area contributed by atoms with Gasteiger partial charge in [0.15, 0.2) is 5.82 Å². The van der Waals surface area contributed by atoms with E-state index >= 15 is 0 Å². The summed E-state index contributed by atoms with van der Waals surface area (Å²) in [5, 5.41) is 23.7. The molecule has 1 unspecified atom stereocenters. The highest BCUT2D eigenvalue weighted by atomic mass is 127. The van der Waals surface area contributed by atoms with Gasteiger partial charge in [0.25, 0.3) is 0 Å². The molecule has 0 saturated heterocycles. The number of aliphatic hydroxyl groups is 2. The fraction of sp³-hybridized carbons (Fsp3) is 0.179. The normalized spacial score (nSPS) is 13.0. The monoisotopic (exact) mass is 577 g/mol. The Morgan fingerprint density at radius 3 is 2.46 bits per heavy atom. The van der Waals surface area contributed by atoms with Gasteiger partial charge in [-0.25, -0.2) is 9.97 Å². The number of anilines is 1. The molecule has 7 heteroatoms. The maximum Gasteiger partial charge on any atom is 0.229 e. The molecule has 0 bridgehead atoms. The Bertz CT molecular complexity index is 1370. The molecule has 1 aliphatic carbocycles. The molecule has 4 aromatic rings. The van der Waals surface area contributed by atoms with Crippen LogP contribution in [0.2, 0.25) is 0 Å². The van der Waals surface area contributed by atoms with Crippen molar-refractivity contribution in [3.63, 3.8) is 0 Å². The van der Waals surface area contributed by atoms with Crippen molar-refractivity contribution < 1.29 is 15.0 Å². The topological polar surface area (TPSA) is 95.3 Å². The summed E-state index contributed by atoms with van der Waals surface area (Å²) in [6, 6.07) is 22.8. The Labute approximate surface area is 217 Å². The Hall–Kier alpha value is -3.14. The van der Waals surface area contributed by atoms with E-state index < -0.39 is 6.10 Å². The Morgan fingerprint density at radius 1 is 0.971 bits per heavy atom. The van der Waals surface area contributed by atoms with Gasteiger partial charge in [-0.15, -0.1) is 0 Å². The van der Waals surface area contributed by atoms with Gasteiger partial charge >= 0.3 is 0 Å². The maximum atomic E-state index is 12.9. The Balaban J connectivity index is 1.54. The maximum absolute atomic E-state index is 12.9. The SMILES string of the molecule is O=C(Cc1ccc(I)cc1)Nc1nc2c(nc1C(O)c1ccccc1)-c1ccc(CO)cc1CC2. The van der Waals surface area contributed by atoms with Crippen LogP contribution in [0.3, 0.4) is 0 Å². The number of nitrogens with one attached hydrogen (secondary N) is 1. The summed E-state index contributed by atoms with van der Waals surface area (Å²) in [7, 11) is 0. The molecule has 3 aromatic carbocycles. The van der Waals surface area contributed by atoms with E-state index in [1.807, 2.05) is 72.8 Å². The molecule has 5 rings (SSSR count). The molecule has 1 atom stereocenters. The third kappa shape index (κ3) is 5.12. The second-order valence-electron chi connectivity index (χ2n) is 8.57. The standard InChI is InChI=1S/C28H24IN3O3/c29-21-10-6-17(7-11-21)15-24(34)31-28-26(27(35)19-4-2-1-3-5-19)32-25-22-12-8-18(16-33)14-20(22)9-13-23(25)30-28/h1-8,10-12,14,27,33,35H,9,13,15-16H2,(H,30,31,34). The molecule has 1 aliphatic rings. The number of rotatable bonds is 6. The summed E-state index contributed by atoms with van der Waals surface area (Å²) in [6.45, 7) is -0.0185. The quantitative estimate of drug-likeness (QED) is 0.291. The average Bonchev–Trinajstić information content (AvgIpc) is 2.89. The van der Waals surface area contributed by atoms with Crippen LogP contribution < -0.4 is 5.32 Å². The highest BCUT2D eigenvalue weighted by Gasteiger charge is 2.26. The van der Waals surface area contributed by atoms with Crippen LogP contribution in [0.1, 0.15) is 39.7 Å². The number of carbonyl (C=O) groups is 1. The third-order valence-electron chi connectivity index (χ3n) is 6.14. The molecule has 3 N–H and O–H groups in total. The summed E-state index contributed by atoms with van der Waals surface area (Å²) >= 11 is 2.23. The zero-order chi connectivity index (χ0) is 24.4. The third-order valence-corrected chi connectivity index (χ3v) is 6.86. The molecule has 0 aliphatic heterocycles. The molecule has 0 fully saturated rings. The van der Waals surface area contributed by atoms with Gasteiger partial charge in [-0.05, 0) is 69.8 Å². The molecular formula is C28H24IN3O3. The Kier molecular flexibility index (Phi) is 6.90. The second kappa shape index (κ2) is 10.2. The number of halogens is 1. The second-order valence-corrected chi connectivity index (χ2v) is 9.81. The van der Waals surface area contributed by atoms with Crippen LogP contribution in [0.4, 0.5) is 5.82 Å². The van der Waals surface area contributed by atoms with Gasteiger partial charge < -0.3 is 15.5 Å². The van der Waals surface area contributed by atoms with E-state index in [1.54, 1.807) is 0 Å². The van der Waals surface area contributed by atoms with Crippen LogP contribution in [-0.2, 0) is 30.7 Å². The summed E-state index contributed by atoms with van der Waals surface area (Å²) in [6.07, 6.45) is 0.571. The number of aromatic nitrogens is 2. The minimum atomic E-state index is -1.05. The first kappa shape index (κ1) is 23.6. The van der Waals surface area contributed by atoms with Crippen molar-refractivity contribution >= 4 is 34.3 Å². The van der Waals surface area contributed by atoms with Gasteiger partial charge in [0.05, 0.1) is 24.4 Å². The fourth-order valence-electron chi connectivity index (χ4n) is 4.35. The van der Waals surface area contributed by atoms with Crippen LogP contribution in [-0.4, -0.2) is 26.1 Å². The van der Waals surface area contributed by atoms with Crippen LogP contribution in [0.15, 0.2) is 72.8 Å². The smallest absolute Gasteiger partial charge is 0.229 e. The van der Waals surface area contributed by atoms with Crippen LogP contribution in [0.5, 0.6) is 0 Å². The van der Waals surface area contributed by atoms with Crippen LogP contribution in [0, 0.1) is 3.57 Å². The van der Waals surface area contributed by atoms with Gasteiger partial charge in [0, 0.05) is 9.13 Å². The van der Waals surface area contributed by atoms with Crippen LogP contribution >= 0.6 is 22.6 Å². The van der Waals surface area contributed by atoms with Crippen molar-refractivity contribution in [2.45, 2.75) is 32.0 Å². The lowest BCUT2D eigenvalue weighted by molar-refractivity contribution is -0.115. The van der Waals surface area contributed by atoms with Gasteiger partial charge in [-0.3, -0.25) is 4.79 Å². The lowest BCUT2D eigenvalue weighted by Gasteiger charge is -2.23. The summed E-state index contributed by atoms with van der Waals surface area (Å²) in [5.74, 6) is 0.0665. The number of benzene rings is 3. The number of aliphatic hydroxyl groups excluding tert-OH is 2. The largest absolute Gasteiger partial charge is 0.392 e. The number of aryl methyl sites for hydroxylation is 2.